The highest BCUT2D eigenvalue weighted by molar-refractivity contribution is 7.91. The van der Waals surface area contributed by atoms with Crippen LogP contribution < -0.4 is 4.72 Å². The Hall–Kier alpha value is -0.920. The lowest BCUT2D eigenvalue weighted by atomic mass is 10.4. The van der Waals surface area contributed by atoms with Gasteiger partial charge in [-0.25, -0.2) is 13.1 Å². The first-order chi connectivity index (χ1) is 8.59. The number of amides is 1. The number of hydrogen-bond acceptors (Lipinski definition) is 4. The zero-order chi connectivity index (χ0) is 13.0. The van der Waals surface area contributed by atoms with Crippen molar-refractivity contribution >= 4 is 27.3 Å². The van der Waals surface area contributed by atoms with Gasteiger partial charge in [0, 0.05) is 26.1 Å². The van der Waals surface area contributed by atoms with Gasteiger partial charge in [0.1, 0.15) is 4.21 Å². The van der Waals surface area contributed by atoms with Crippen LogP contribution in [0.3, 0.4) is 0 Å². The molecule has 1 amide bonds. The minimum atomic E-state index is -3.44. The molecular weight excluding hydrogens is 272 g/mol. The van der Waals surface area contributed by atoms with Gasteiger partial charge in [-0.1, -0.05) is 6.07 Å². The molecule has 2 heterocycles. The van der Waals surface area contributed by atoms with Gasteiger partial charge >= 0.3 is 0 Å². The van der Waals surface area contributed by atoms with Crippen molar-refractivity contribution in [3.05, 3.63) is 17.5 Å². The fraction of sp³-hybridized carbons (Fsp3) is 0.545. The lowest BCUT2D eigenvalue weighted by Gasteiger charge is -2.14. The maximum absolute atomic E-state index is 11.8. The fourth-order valence-corrected chi connectivity index (χ4v) is 3.97. The topological polar surface area (TPSA) is 66.5 Å². The zero-order valence-corrected chi connectivity index (χ0v) is 11.6. The molecule has 1 aromatic heterocycles. The minimum absolute atomic E-state index is 0.0291. The van der Waals surface area contributed by atoms with Crippen LogP contribution in [0.1, 0.15) is 19.3 Å². The summed E-state index contributed by atoms with van der Waals surface area (Å²) in [5.41, 5.74) is 0. The van der Waals surface area contributed by atoms with Crippen LogP contribution in [0.25, 0.3) is 0 Å². The van der Waals surface area contributed by atoms with E-state index in [4.69, 9.17) is 0 Å². The Balaban J connectivity index is 1.80. The molecule has 0 aliphatic carbocycles. The average molecular weight is 288 g/mol. The highest BCUT2D eigenvalue weighted by Gasteiger charge is 2.19. The number of nitrogens with zero attached hydrogens (tertiary/aromatic N) is 1. The molecule has 0 spiro atoms. The SMILES string of the molecule is O=C(CCNS(=O)(=O)c1cccs1)N1CCCC1. The molecule has 7 heteroatoms. The monoisotopic (exact) mass is 288 g/mol. The Bertz CT molecular complexity index is 490. The first kappa shape index (κ1) is 13.5. The van der Waals surface area contributed by atoms with Crippen molar-refractivity contribution in [3.63, 3.8) is 0 Å². The summed E-state index contributed by atoms with van der Waals surface area (Å²) in [7, 11) is -3.44. The molecule has 0 aromatic carbocycles. The van der Waals surface area contributed by atoms with Crippen LogP contribution in [0.2, 0.25) is 0 Å². The molecule has 1 saturated heterocycles. The van der Waals surface area contributed by atoms with E-state index in [0.29, 0.717) is 0 Å². The Morgan fingerprint density at radius 3 is 2.72 bits per heavy atom. The summed E-state index contributed by atoms with van der Waals surface area (Å²) in [5, 5.41) is 1.71. The Kier molecular flexibility index (Phi) is 4.36. The van der Waals surface area contributed by atoms with Crippen LogP contribution in [0.4, 0.5) is 0 Å². The third-order valence-electron chi connectivity index (χ3n) is 2.85. The summed E-state index contributed by atoms with van der Waals surface area (Å²) < 4.78 is 26.3. The average Bonchev–Trinajstić information content (AvgIpc) is 3.02. The molecule has 0 bridgehead atoms. The smallest absolute Gasteiger partial charge is 0.250 e. The second-order valence-electron chi connectivity index (χ2n) is 4.17. The molecule has 1 fully saturated rings. The van der Waals surface area contributed by atoms with E-state index in [9.17, 15) is 13.2 Å². The first-order valence-corrected chi connectivity index (χ1v) is 8.27. The van der Waals surface area contributed by atoms with Crippen LogP contribution in [0.15, 0.2) is 21.7 Å². The van der Waals surface area contributed by atoms with Gasteiger partial charge in [-0.05, 0) is 24.3 Å². The summed E-state index contributed by atoms with van der Waals surface area (Å²) in [4.78, 5) is 13.5. The fourth-order valence-electron chi connectivity index (χ4n) is 1.90. The molecule has 0 atom stereocenters. The van der Waals surface area contributed by atoms with Crippen molar-refractivity contribution in [2.45, 2.75) is 23.5 Å². The van der Waals surface area contributed by atoms with Gasteiger partial charge in [0.25, 0.3) is 0 Å². The lowest BCUT2D eigenvalue weighted by molar-refractivity contribution is -0.129. The molecule has 18 heavy (non-hydrogen) atoms. The molecule has 1 aliphatic heterocycles. The molecule has 0 saturated carbocycles. The van der Waals surface area contributed by atoms with Crippen LogP contribution in [-0.4, -0.2) is 38.9 Å². The van der Waals surface area contributed by atoms with E-state index in [1.807, 2.05) is 0 Å². The molecule has 1 N–H and O–H groups in total. The molecule has 0 radical (unpaired) electrons. The summed E-state index contributed by atoms with van der Waals surface area (Å²) in [6.45, 7) is 1.77. The van der Waals surface area contributed by atoms with Crippen LogP contribution in [0.5, 0.6) is 0 Å². The molecule has 1 aromatic rings. The summed E-state index contributed by atoms with van der Waals surface area (Å²) in [6, 6.07) is 3.24. The van der Waals surface area contributed by atoms with Crippen molar-refractivity contribution in [1.82, 2.24) is 9.62 Å². The maximum Gasteiger partial charge on any atom is 0.250 e. The number of carbonyl (C=O) groups excluding carboxylic acids is 1. The van der Waals surface area contributed by atoms with Crippen molar-refractivity contribution in [3.8, 4) is 0 Å². The maximum atomic E-state index is 11.8. The van der Waals surface area contributed by atoms with Gasteiger partial charge in [-0.2, -0.15) is 0 Å². The van der Waals surface area contributed by atoms with E-state index < -0.39 is 10.0 Å². The van der Waals surface area contributed by atoms with E-state index >= 15 is 0 Å². The van der Waals surface area contributed by atoms with Gasteiger partial charge in [0.05, 0.1) is 0 Å². The summed E-state index contributed by atoms with van der Waals surface area (Å²) in [5.74, 6) is 0.0291. The predicted molar refractivity (Wildman–Crippen MR) is 69.9 cm³/mol. The number of hydrogen-bond donors (Lipinski definition) is 1. The highest BCUT2D eigenvalue weighted by Crippen LogP contribution is 2.15. The quantitative estimate of drug-likeness (QED) is 0.880. The lowest BCUT2D eigenvalue weighted by Crippen LogP contribution is -2.32. The minimum Gasteiger partial charge on any atom is -0.343 e. The first-order valence-electron chi connectivity index (χ1n) is 5.90. The molecular formula is C11H16N2O3S2. The Morgan fingerprint density at radius 1 is 1.39 bits per heavy atom. The largest absolute Gasteiger partial charge is 0.343 e. The van der Waals surface area contributed by atoms with E-state index in [0.717, 1.165) is 25.9 Å². The number of carbonyl (C=O) groups is 1. The van der Waals surface area contributed by atoms with Gasteiger partial charge in [-0.15, -0.1) is 11.3 Å². The Labute approximate surface area is 111 Å². The highest BCUT2D eigenvalue weighted by atomic mass is 32.2. The number of rotatable bonds is 5. The van der Waals surface area contributed by atoms with Crippen molar-refractivity contribution in [2.24, 2.45) is 0 Å². The number of sulfonamides is 1. The number of thiophene rings is 1. The zero-order valence-electron chi connectivity index (χ0n) is 9.96. The number of likely N-dealkylation sites (tertiary alicyclic amines) is 1. The van der Waals surface area contributed by atoms with Crippen LogP contribution >= 0.6 is 11.3 Å². The van der Waals surface area contributed by atoms with E-state index in [-0.39, 0.29) is 23.1 Å². The number of nitrogens with one attached hydrogen (secondary N) is 1. The molecule has 100 valence electrons. The van der Waals surface area contributed by atoms with Crippen molar-refractivity contribution < 1.29 is 13.2 Å². The van der Waals surface area contributed by atoms with Gasteiger partial charge in [0.2, 0.25) is 15.9 Å². The molecule has 2 rings (SSSR count). The van der Waals surface area contributed by atoms with Gasteiger partial charge in [0.15, 0.2) is 0 Å². The van der Waals surface area contributed by atoms with Crippen molar-refractivity contribution in [1.29, 1.82) is 0 Å². The molecule has 5 nitrogen and oxygen atoms in total. The third kappa shape index (κ3) is 3.30. The summed E-state index contributed by atoms with van der Waals surface area (Å²) in [6.07, 6.45) is 2.32. The normalized spacial score (nSPS) is 16.1. The summed E-state index contributed by atoms with van der Waals surface area (Å²) >= 11 is 1.17. The molecule has 1 aliphatic rings. The second kappa shape index (κ2) is 5.81. The second-order valence-corrected chi connectivity index (χ2v) is 7.11. The third-order valence-corrected chi connectivity index (χ3v) is 5.71. The standard InChI is InChI=1S/C11H16N2O3S2/c14-10(13-7-1-2-8-13)5-6-12-18(15,16)11-4-3-9-17-11/h3-4,9,12H,1-2,5-8H2. The molecule has 0 unspecified atom stereocenters. The van der Waals surface area contributed by atoms with E-state index in [2.05, 4.69) is 4.72 Å². The van der Waals surface area contributed by atoms with Crippen LogP contribution in [-0.2, 0) is 14.8 Å². The van der Waals surface area contributed by atoms with Gasteiger partial charge in [-0.3, -0.25) is 4.79 Å². The van der Waals surface area contributed by atoms with E-state index in [1.54, 1.807) is 22.4 Å². The predicted octanol–water partition coefficient (Wildman–Crippen LogP) is 1.04. The van der Waals surface area contributed by atoms with Crippen LogP contribution in [0, 0.1) is 0 Å². The van der Waals surface area contributed by atoms with E-state index in [1.165, 1.54) is 11.3 Å². The van der Waals surface area contributed by atoms with Crippen molar-refractivity contribution in [2.75, 3.05) is 19.6 Å². The Morgan fingerprint density at radius 2 is 2.11 bits per heavy atom. The van der Waals surface area contributed by atoms with Gasteiger partial charge < -0.3 is 4.90 Å².